The highest BCUT2D eigenvalue weighted by molar-refractivity contribution is 5.16. The van der Waals surface area contributed by atoms with Crippen molar-refractivity contribution in [2.24, 2.45) is 0 Å². The van der Waals surface area contributed by atoms with Gasteiger partial charge in [-0.1, -0.05) is 23.3 Å². The molecule has 0 aliphatic heterocycles. The average molecular weight is 152 g/mol. The zero-order chi connectivity index (χ0) is 8.10. The molecule has 0 unspecified atom stereocenters. The van der Waals surface area contributed by atoms with E-state index in [0.29, 0.717) is 0 Å². The van der Waals surface area contributed by atoms with Crippen LogP contribution in [0.4, 0.5) is 0 Å². The second-order valence-electron chi connectivity index (χ2n) is 3.13. The van der Waals surface area contributed by atoms with Gasteiger partial charge in [0.15, 0.2) is 0 Å². The molecule has 1 N–H and O–H groups in total. The summed E-state index contributed by atoms with van der Waals surface area (Å²) in [7, 11) is 0. The lowest BCUT2D eigenvalue weighted by Crippen LogP contribution is -1.79. The average Bonchev–Trinajstić information content (AvgIpc) is 2.72. The van der Waals surface area contributed by atoms with Crippen molar-refractivity contribution in [3.8, 4) is 0 Å². The number of aliphatic hydroxyl groups excluding tert-OH is 1. The molecule has 0 bridgehead atoms. The first-order valence-electron chi connectivity index (χ1n) is 4.27. The zero-order valence-corrected chi connectivity index (χ0v) is 7.14. The number of hydrogen-bond donors (Lipinski definition) is 1. The van der Waals surface area contributed by atoms with Crippen molar-refractivity contribution in [2.75, 3.05) is 6.61 Å². The summed E-state index contributed by atoms with van der Waals surface area (Å²) in [6.07, 6.45) is 9.10. The molecule has 1 saturated carbocycles. The number of aliphatic hydroxyl groups is 1. The van der Waals surface area contributed by atoms with Gasteiger partial charge in [0.25, 0.3) is 0 Å². The molecule has 1 nitrogen and oxygen atoms in total. The number of hydrogen-bond acceptors (Lipinski definition) is 1. The largest absolute Gasteiger partial charge is 0.392 e. The number of allylic oxidation sites excluding steroid dienone is 3. The Hall–Kier alpha value is -0.560. The molecule has 0 atom stereocenters. The highest BCUT2D eigenvalue weighted by Crippen LogP contribution is 2.28. The van der Waals surface area contributed by atoms with Crippen molar-refractivity contribution in [3.63, 3.8) is 0 Å². The molecule has 0 radical (unpaired) electrons. The van der Waals surface area contributed by atoms with Crippen LogP contribution in [0.3, 0.4) is 0 Å². The topological polar surface area (TPSA) is 20.2 Å². The van der Waals surface area contributed by atoms with Crippen LogP contribution in [-0.2, 0) is 0 Å². The summed E-state index contributed by atoms with van der Waals surface area (Å²) in [4.78, 5) is 0. The quantitative estimate of drug-likeness (QED) is 0.613. The SMILES string of the molecule is C/C(=C\CO)CCC=C1CC1. The van der Waals surface area contributed by atoms with Crippen LogP contribution in [0.15, 0.2) is 23.3 Å². The predicted octanol–water partition coefficient (Wildman–Crippen LogP) is 2.43. The fraction of sp³-hybridized carbons (Fsp3) is 0.600. The number of rotatable bonds is 4. The second-order valence-corrected chi connectivity index (χ2v) is 3.13. The van der Waals surface area contributed by atoms with Crippen molar-refractivity contribution in [1.82, 2.24) is 0 Å². The molecule has 0 heterocycles. The van der Waals surface area contributed by atoms with Crippen LogP contribution in [0.25, 0.3) is 0 Å². The summed E-state index contributed by atoms with van der Waals surface area (Å²) in [5.74, 6) is 0. The van der Waals surface area contributed by atoms with Crippen LogP contribution in [0.5, 0.6) is 0 Å². The van der Waals surface area contributed by atoms with Crippen molar-refractivity contribution >= 4 is 0 Å². The molecule has 1 heteroatoms. The van der Waals surface area contributed by atoms with Gasteiger partial charge >= 0.3 is 0 Å². The minimum Gasteiger partial charge on any atom is -0.392 e. The molecular weight excluding hydrogens is 136 g/mol. The van der Waals surface area contributed by atoms with Crippen LogP contribution >= 0.6 is 0 Å². The van der Waals surface area contributed by atoms with Crippen LogP contribution in [-0.4, -0.2) is 11.7 Å². The fourth-order valence-corrected chi connectivity index (χ4v) is 1.04. The van der Waals surface area contributed by atoms with Crippen LogP contribution in [0.2, 0.25) is 0 Å². The van der Waals surface area contributed by atoms with Gasteiger partial charge in [-0.3, -0.25) is 0 Å². The lowest BCUT2D eigenvalue weighted by molar-refractivity contribution is 0.341. The van der Waals surface area contributed by atoms with E-state index in [0.717, 1.165) is 12.8 Å². The van der Waals surface area contributed by atoms with Crippen LogP contribution in [0, 0.1) is 0 Å². The molecule has 0 aromatic heterocycles. The smallest absolute Gasteiger partial charge is 0.0614 e. The summed E-state index contributed by atoms with van der Waals surface area (Å²) in [5.41, 5.74) is 2.91. The summed E-state index contributed by atoms with van der Waals surface area (Å²) in [5, 5.41) is 8.57. The van der Waals surface area contributed by atoms with E-state index in [1.54, 1.807) is 5.57 Å². The molecule has 1 aliphatic carbocycles. The minimum absolute atomic E-state index is 0.183. The summed E-state index contributed by atoms with van der Waals surface area (Å²) < 4.78 is 0. The Morgan fingerprint density at radius 3 is 2.82 bits per heavy atom. The van der Waals surface area contributed by atoms with E-state index >= 15 is 0 Å². The first kappa shape index (κ1) is 8.54. The Labute approximate surface area is 68.4 Å². The van der Waals surface area contributed by atoms with Gasteiger partial charge in [0.1, 0.15) is 0 Å². The highest BCUT2D eigenvalue weighted by atomic mass is 16.2. The van der Waals surface area contributed by atoms with Crippen molar-refractivity contribution < 1.29 is 5.11 Å². The van der Waals surface area contributed by atoms with E-state index < -0.39 is 0 Å². The Morgan fingerprint density at radius 1 is 1.55 bits per heavy atom. The maximum Gasteiger partial charge on any atom is 0.0614 e. The van der Waals surface area contributed by atoms with Gasteiger partial charge in [-0.25, -0.2) is 0 Å². The van der Waals surface area contributed by atoms with E-state index in [2.05, 4.69) is 13.0 Å². The molecule has 0 amide bonds. The summed E-state index contributed by atoms with van der Waals surface area (Å²) in [6.45, 7) is 2.25. The molecule has 0 spiro atoms. The first-order valence-corrected chi connectivity index (χ1v) is 4.27. The fourth-order valence-electron chi connectivity index (χ4n) is 1.04. The van der Waals surface area contributed by atoms with Gasteiger partial charge in [-0.05, 0) is 32.6 Å². The minimum atomic E-state index is 0.183. The van der Waals surface area contributed by atoms with Crippen molar-refractivity contribution in [2.45, 2.75) is 32.6 Å². The van der Waals surface area contributed by atoms with E-state index in [9.17, 15) is 0 Å². The van der Waals surface area contributed by atoms with Gasteiger partial charge in [-0.15, -0.1) is 0 Å². The third-order valence-electron chi connectivity index (χ3n) is 1.95. The summed E-state index contributed by atoms with van der Waals surface area (Å²) >= 11 is 0. The van der Waals surface area contributed by atoms with E-state index in [4.69, 9.17) is 5.11 Å². The van der Waals surface area contributed by atoms with E-state index in [1.807, 2.05) is 6.08 Å². The highest BCUT2D eigenvalue weighted by Gasteiger charge is 2.08. The predicted molar refractivity (Wildman–Crippen MR) is 47.4 cm³/mol. The molecule has 62 valence electrons. The van der Waals surface area contributed by atoms with Gasteiger partial charge in [0.05, 0.1) is 6.61 Å². The molecule has 0 aromatic rings. The first-order chi connectivity index (χ1) is 5.33. The van der Waals surface area contributed by atoms with Gasteiger partial charge in [0, 0.05) is 0 Å². The Balaban J connectivity index is 2.10. The third-order valence-corrected chi connectivity index (χ3v) is 1.95. The van der Waals surface area contributed by atoms with Crippen LogP contribution in [0.1, 0.15) is 32.6 Å². The van der Waals surface area contributed by atoms with E-state index in [-0.39, 0.29) is 6.61 Å². The van der Waals surface area contributed by atoms with Gasteiger partial charge in [0.2, 0.25) is 0 Å². The molecule has 1 aliphatic rings. The third kappa shape index (κ3) is 3.99. The second kappa shape index (κ2) is 4.35. The van der Waals surface area contributed by atoms with E-state index in [1.165, 1.54) is 18.4 Å². The Morgan fingerprint density at radius 2 is 2.27 bits per heavy atom. The lowest BCUT2D eigenvalue weighted by Gasteiger charge is -1.94. The Kier molecular flexibility index (Phi) is 3.37. The van der Waals surface area contributed by atoms with Crippen LogP contribution < -0.4 is 0 Å². The normalized spacial score (nSPS) is 16.9. The Bertz CT molecular complexity index is 171. The summed E-state index contributed by atoms with van der Waals surface area (Å²) in [6, 6.07) is 0. The molecule has 1 fully saturated rings. The lowest BCUT2D eigenvalue weighted by atomic mass is 10.1. The maximum absolute atomic E-state index is 8.57. The molecule has 0 aromatic carbocycles. The zero-order valence-electron chi connectivity index (χ0n) is 7.14. The molecular formula is C10H16O. The van der Waals surface area contributed by atoms with Crippen molar-refractivity contribution in [1.29, 1.82) is 0 Å². The van der Waals surface area contributed by atoms with Gasteiger partial charge < -0.3 is 5.11 Å². The standard InChI is InChI=1S/C10H16O/c1-9(7-8-11)3-2-4-10-5-6-10/h4,7,11H,2-3,5-6,8H2,1H3/b9-7+. The molecule has 1 rings (SSSR count). The molecule has 0 saturated heterocycles. The monoisotopic (exact) mass is 152 g/mol. The maximum atomic E-state index is 8.57. The van der Waals surface area contributed by atoms with Gasteiger partial charge in [-0.2, -0.15) is 0 Å². The van der Waals surface area contributed by atoms with Crippen molar-refractivity contribution in [3.05, 3.63) is 23.3 Å². The molecule has 11 heavy (non-hydrogen) atoms.